The molecule has 3 heteroatoms. The zero-order chi connectivity index (χ0) is 9.14. The Morgan fingerprint density at radius 1 is 1.58 bits per heavy atom. The molecule has 0 unspecified atom stereocenters. The summed E-state index contributed by atoms with van der Waals surface area (Å²) in [7, 11) is 1.74. The van der Waals surface area contributed by atoms with E-state index in [0.29, 0.717) is 6.54 Å². The summed E-state index contributed by atoms with van der Waals surface area (Å²) in [5, 5.41) is 0. The lowest BCUT2D eigenvalue weighted by Gasteiger charge is -2.01. The first-order valence-electron chi connectivity index (χ1n) is 4.03. The Morgan fingerprint density at radius 2 is 2.25 bits per heavy atom. The summed E-state index contributed by atoms with van der Waals surface area (Å²) in [6, 6.07) is 0. The van der Waals surface area contributed by atoms with E-state index in [9.17, 15) is 4.79 Å². The van der Waals surface area contributed by atoms with Gasteiger partial charge in [0.05, 0.1) is 0 Å². The van der Waals surface area contributed by atoms with E-state index >= 15 is 0 Å². The minimum atomic E-state index is 0.0181. The van der Waals surface area contributed by atoms with Crippen molar-refractivity contribution in [3.05, 3.63) is 35.0 Å². The Balaban J connectivity index is 2.83. The van der Waals surface area contributed by atoms with Crippen molar-refractivity contribution in [2.24, 2.45) is 7.05 Å². The highest BCUT2D eigenvalue weighted by Crippen LogP contribution is 1.98. The van der Waals surface area contributed by atoms with E-state index in [0.717, 1.165) is 12.0 Å². The van der Waals surface area contributed by atoms with Crippen LogP contribution < -0.4 is 5.69 Å². The fraction of sp³-hybridized carbons (Fsp3) is 0.444. The topological polar surface area (TPSA) is 26.9 Å². The van der Waals surface area contributed by atoms with Crippen molar-refractivity contribution < 1.29 is 0 Å². The fourth-order valence-electron chi connectivity index (χ4n) is 0.984. The second-order valence-corrected chi connectivity index (χ2v) is 2.92. The first-order chi connectivity index (χ1) is 5.65. The van der Waals surface area contributed by atoms with Gasteiger partial charge < -0.3 is 4.57 Å². The molecule has 0 amide bonds. The molecule has 0 atom stereocenters. The predicted molar refractivity (Wildman–Crippen MR) is 49.1 cm³/mol. The van der Waals surface area contributed by atoms with Gasteiger partial charge in [0.1, 0.15) is 0 Å². The molecule has 1 aromatic rings. The average Bonchev–Trinajstić information content (AvgIpc) is 2.36. The van der Waals surface area contributed by atoms with Crippen molar-refractivity contribution in [3.63, 3.8) is 0 Å². The smallest absolute Gasteiger partial charge is 0.302 e. The van der Waals surface area contributed by atoms with Crippen molar-refractivity contribution in [1.82, 2.24) is 9.13 Å². The van der Waals surface area contributed by atoms with Gasteiger partial charge in [-0.1, -0.05) is 19.1 Å². The van der Waals surface area contributed by atoms with Gasteiger partial charge in [0, 0.05) is 26.0 Å². The molecule has 0 aliphatic rings. The van der Waals surface area contributed by atoms with E-state index in [1.54, 1.807) is 28.6 Å². The van der Waals surface area contributed by atoms with E-state index in [1.165, 1.54) is 0 Å². The number of hydrogen-bond acceptors (Lipinski definition) is 1. The summed E-state index contributed by atoms with van der Waals surface area (Å²) in [6.45, 7) is 6.52. The lowest BCUT2D eigenvalue weighted by molar-refractivity contribution is 0.697. The maximum Gasteiger partial charge on any atom is 0.328 e. The monoisotopic (exact) mass is 166 g/mol. The minimum Gasteiger partial charge on any atom is -0.302 e. The summed E-state index contributed by atoms with van der Waals surface area (Å²) in [5.74, 6) is 0. The first kappa shape index (κ1) is 8.84. The zero-order valence-corrected chi connectivity index (χ0v) is 7.58. The maximum atomic E-state index is 11.3. The van der Waals surface area contributed by atoms with Gasteiger partial charge in [0.15, 0.2) is 0 Å². The van der Waals surface area contributed by atoms with Gasteiger partial charge in [-0.25, -0.2) is 4.79 Å². The number of hydrogen-bond donors (Lipinski definition) is 0. The van der Waals surface area contributed by atoms with Crippen molar-refractivity contribution in [3.8, 4) is 0 Å². The van der Waals surface area contributed by atoms with E-state index in [2.05, 4.69) is 6.58 Å². The normalized spacial score (nSPS) is 10.2. The van der Waals surface area contributed by atoms with Crippen LogP contribution in [0.3, 0.4) is 0 Å². The Morgan fingerprint density at radius 3 is 2.67 bits per heavy atom. The molecule has 0 spiro atoms. The molecule has 3 nitrogen and oxygen atoms in total. The van der Waals surface area contributed by atoms with E-state index in [1.807, 2.05) is 6.92 Å². The van der Waals surface area contributed by atoms with Crippen LogP contribution >= 0.6 is 0 Å². The molecule has 12 heavy (non-hydrogen) atoms. The average molecular weight is 166 g/mol. The Hall–Kier alpha value is -1.25. The number of rotatable bonds is 3. The van der Waals surface area contributed by atoms with Gasteiger partial charge in [-0.2, -0.15) is 0 Å². The minimum absolute atomic E-state index is 0.0181. The third-order valence-electron chi connectivity index (χ3n) is 1.91. The molecule has 66 valence electrons. The number of allylic oxidation sites excluding steroid dienone is 1. The number of imidazole rings is 1. The van der Waals surface area contributed by atoms with Crippen LogP contribution in [0.15, 0.2) is 29.3 Å². The summed E-state index contributed by atoms with van der Waals surface area (Å²) in [5.41, 5.74) is 1.09. The van der Waals surface area contributed by atoms with Gasteiger partial charge in [-0.15, -0.1) is 0 Å². The molecule has 0 aliphatic carbocycles. The van der Waals surface area contributed by atoms with E-state index in [4.69, 9.17) is 0 Å². The van der Waals surface area contributed by atoms with Crippen LogP contribution in [0, 0.1) is 0 Å². The number of aryl methyl sites for hydroxylation is 1. The van der Waals surface area contributed by atoms with Gasteiger partial charge >= 0.3 is 5.69 Å². The molecule has 1 heterocycles. The molecule has 0 bridgehead atoms. The Bertz CT molecular complexity index is 333. The molecule has 0 saturated carbocycles. The summed E-state index contributed by atoms with van der Waals surface area (Å²) in [4.78, 5) is 11.3. The first-order valence-corrected chi connectivity index (χ1v) is 4.03. The molecule has 1 rings (SSSR count). The van der Waals surface area contributed by atoms with Crippen LogP contribution in [-0.4, -0.2) is 9.13 Å². The van der Waals surface area contributed by atoms with E-state index < -0.39 is 0 Å². The van der Waals surface area contributed by atoms with Crippen molar-refractivity contribution in [1.29, 1.82) is 0 Å². The van der Waals surface area contributed by atoms with Crippen molar-refractivity contribution in [2.75, 3.05) is 0 Å². The van der Waals surface area contributed by atoms with Gasteiger partial charge in [-0.05, 0) is 6.42 Å². The van der Waals surface area contributed by atoms with Crippen LogP contribution in [0.5, 0.6) is 0 Å². The molecular formula is C9H14N2O. The van der Waals surface area contributed by atoms with E-state index in [-0.39, 0.29) is 5.69 Å². The Labute approximate surface area is 71.9 Å². The third kappa shape index (κ3) is 1.67. The highest BCUT2D eigenvalue weighted by atomic mass is 16.1. The molecular weight excluding hydrogens is 152 g/mol. The zero-order valence-electron chi connectivity index (χ0n) is 7.58. The molecule has 0 fully saturated rings. The summed E-state index contributed by atoms with van der Waals surface area (Å²) < 4.78 is 3.22. The summed E-state index contributed by atoms with van der Waals surface area (Å²) in [6.07, 6.45) is 4.45. The van der Waals surface area contributed by atoms with Crippen LogP contribution in [0.2, 0.25) is 0 Å². The molecule has 0 saturated heterocycles. The highest BCUT2D eigenvalue weighted by molar-refractivity contribution is 4.95. The maximum absolute atomic E-state index is 11.3. The molecule has 0 radical (unpaired) electrons. The number of aromatic nitrogens is 2. The number of nitrogens with zero attached hydrogens (tertiary/aromatic N) is 2. The largest absolute Gasteiger partial charge is 0.328 e. The Kier molecular flexibility index (Phi) is 2.53. The molecule has 0 aliphatic heterocycles. The molecule has 0 aromatic carbocycles. The second-order valence-electron chi connectivity index (χ2n) is 2.92. The molecule has 0 N–H and O–H groups in total. The van der Waals surface area contributed by atoms with Gasteiger partial charge in [0.2, 0.25) is 0 Å². The lowest BCUT2D eigenvalue weighted by atomic mass is 10.2. The van der Waals surface area contributed by atoms with Crippen molar-refractivity contribution in [2.45, 2.75) is 19.9 Å². The molecule has 1 aromatic heterocycles. The predicted octanol–water partition coefficient (Wildman–Crippen LogP) is 1.15. The van der Waals surface area contributed by atoms with Crippen molar-refractivity contribution >= 4 is 0 Å². The van der Waals surface area contributed by atoms with Crippen LogP contribution in [0.4, 0.5) is 0 Å². The van der Waals surface area contributed by atoms with Crippen LogP contribution in [0.25, 0.3) is 0 Å². The van der Waals surface area contributed by atoms with Crippen LogP contribution in [0.1, 0.15) is 13.3 Å². The SMILES string of the molecule is C=C(CC)Cn1ccn(C)c1=O. The second kappa shape index (κ2) is 3.43. The quantitative estimate of drug-likeness (QED) is 0.619. The van der Waals surface area contributed by atoms with Gasteiger partial charge in [-0.3, -0.25) is 4.57 Å². The van der Waals surface area contributed by atoms with Gasteiger partial charge in [0.25, 0.3) is 0 Å². The lowest BCUT2D eigenvalue weighted by Crippen LogP contribution is -2.22. The standard InChI is InChI=1S/C9H14N2O/c1-4-8(2)7-11-6-5-10(3)9(11)12/h5-6H,2,4,7H2,1,3H3. The fourth-order valence-corrected chi connectivity index (χ4v) is 0.984. The summed E-state index contributed by atoms with van der Waals surface area (Å²) >= 11 is 0. The highest BCUT2D eigenvalue weighted by Gasteiger charge is 1.99. The van der Waals surface area contributed by atoms with Crippen LogP contribution in [-0.2, 0) is 13.6 Å². The third-order valence-corrected chi connectivity index (χ3v) is 1.91.